The monoisotopic (exact) mass is 241 g/mol. The summed E-state index contributed by atoms with van der Waals surface area (Å²) in [6.45, 7) is 8.35. The smallest absolute Gasteiger partial charge is 0.220 e. The minimum atomic E-state index is 0.216. The van der Waals surface area contributed by atoms with Crippen LogP contribution in [0.4, 0.5) is 0 Å². The maximum Gasteiger partial charge on any atom is 0.220 e. The van der Waals surface area contributed by atoms with E-state index in [2.05, 4.69) is 36.4 Å². The van der Waals surface area contributed by atoms with Gasteiger partial charge in [0, 0.05) is 19.0 Å². The van der Waals surface area contributed by atoms with E-state index in [1.165, 1.54) is 0 Å². The van der Waals surface area contributed by atoms with Crippen molar-refractivity contribution in [1.82, 2.24) is 15.5 Å². The molecular formula is C13H27N3O. The third-order valence-electron chi connectivity index (χ3n) is 3.48. The highest BCUT2D eigenvalue weighted by Crippen LogP contribution is 2.07. The largest absolute Gasteiger partial charge is 0.356 e. The highest BCUT2D eigenvalue weighted by Gasteiger charge is 2.19. The van der Waals surface area contributed by atoms with Crippen LogP contribution in [0.2, 0.25) is 0 Å². The van der Waals surface area contributed by atoms with Crippen LogP contribution in [0.5, 0.6) is 0 Å². The van der Waals surface area contributed by atoms with Crippen molar-refractivity contribution >= 4 is 5.91 Å². The lowest BCUT2D eigenvalue weighted by Crippen LogP contribution is -2.44. The standard InChI is InChI=1S/C13H27N3O/c1-11(2)16(3)7-5-4-6-15-13(17)8-12-9-14-10-12/h11-12,14H,4-10H2,1-3H3,(H,15,17). The Kier molecular flexibility index (Phi) is 6.52. The third-order valence-corrected chi connectivity index (χ3v) is 3.48. The fourth-order valence-corrected chi connectivity index (χ4v) is 1.80. The van der Waals surface area contributed by atoms with Crippen LogP contribution in [0, 0.1) is 5.92 Å². The molecule has 0 saturated carbocycles. The molecule has 1 fully saturated rings. The predicted molar refractivity (Wildman–Crippen MR) is 71.0 cm³/mol. The molecule has 0 aliphatic carbocycles. The van der Waals surface area contributed by atoms with E-state index >= 15 is 0 Å². The number of carbonyl (C=O) groups is 1. The summed E-state index contributed by atoms with van der Waals surface area (Å²) < 4.78 is 0. The van der Waals surface area contributed by atoms with Gasteiger partial charge >= 0.3 is 0 Å². The Labute approximate surface area is 105 Å². The van der Waals surface area contributed by atoms with Crippen LogP contribution >= 0.6 is 0 Å². The van der Waals surface area contributed by atoms with Crippen molar-refractivity contribution in [2.24, 2.45) is 5.92 Å². The lowest BCUT2D eigenvalue weighted by atomic mass is 9.99. The highest BCUT2D eigenvalue weighted by molar-refractivity contribution is 5.76. The van der Waals surface area contributed by atoms with E-state index in [9.17, 15) is 4.79 Å². The van der Waals surface area contributed by atoms with Gasteiger partial charge in [0.15, 0.2) is 0 Å². The third kappa shape index (κ3) is 6.03. The topological polar surface area (TPSA) is 44.4 Å². The molecule has 2 N–H and O–H groups in total. The van der Waals surface area contributed by atoms with Crippen LogP contribution in [0.3, 0.4) is 0 Å². The molecule has 4 nitrogen and oxygen atoms in total. The first kappa shape index (κ1) is 14.5. The Morgan fingerprint density at radius 1 is 1.41 bits per heavy atom. The maximum atomic E-state index is 11.5. The number of nitrogens with one attached hydrogen (secondary N) is 2. The first-order valence-corrected chi connectivity index (χ1v) is 6.77. The molecule has 0 unspecified atom stereocenters. The molecule has 4 heteroatoms. The Balaban J connectivity index is 1.91. The second kappa shape index (κ2) is 7.67. The Morgan fingerprint density at radius 2 is 2.12 bits per heavy atom. The zero-order valence-corrected chi connectivity index (χ0v) is 11.5. The predicted octanol–water partition coefficient (Wildman–Crippen LogP) is 0.833. The van der Waals surface area contributed by atoms with Crippen molar-refractivity contribution in [3.05, 3.63) is 0 Å². The summed E-state index contributed by atoms with van der Waals surface area (Å²) in [6.07, 6.45) is 2.92. The van der Waals surface area contributed by atoms with Gasteiger partial charge in [0.05, 0.1) is 0 Å². The fraction of sp³-hybridized carbons (Fsp3) is 0.923. The van der Waals surface area contributed by atoms with Gasteiger partial charge in [0.1, 0.15) is 0 Å². The van der Waals surface area contributed by atoms with Gasteiger partial charge in [0.2, 0.25) is 5.91 Å². The molecule has 1 rings (SSSR count). The molecular weight excluding hydrogens is 214 g/mol. The van der Waals surface area contributed by atoms with Crippen LogP contribution in [-0.2, 0) is 4.79 Å². The van der Waals surface area contributed by atoms with Gasteiger partial charge in [-0.15, -0.1) is 0 Å². The van der Waals surface area contributed by atoms with E-state index in [4.69, 9.17) is 0 Å². The van der Waals surface area contributed by atoms with Crippen molar-refractivity contribution in [1.29, 1.82) is 0 Å². The van der Waals surface area contributed by atoms with Crippen molar-refractivity contribution in [3.63, 3.8) is 0 Å². The molecule has 1 saturated heterocycles. The summed E-state index contributed by atoms with van der Waals surface area (Å²) in [4.78, 5) is 13.8. The number of hydrogen-bond donors (Lipinski definition) is 2. The number of unbranched alkanes of at least 4 members (excludes halogenated alkanes) is 1. The second-order valence-electron chi connectivity index (χ2n) is 5.36. The van der Waals surface area contributed by atoms with Crippen LogP contribution in [-0.4, -0.2) is 50.1 Å². The molecule has 0 atom stereocenters. The molecule has 0 aromatic rings. The summed E-state index contributed by atoms with van der Waals surface area (Å²) in [5, 5.41) is 6.18. The van der Waals surface area contributed by atoms with E-state index in [1.807, 2.05) is 0 Å². The maximum absolute atomic E-state index is 11.5. The molecule has 1 heterocycles. The summed E-state index contributed by atoms with van der Waals surface area (Å²) in [6, 6.07) is 0.607. The van der Waals surface area contributed by atoms with E-state index in [0.29, 0.717) is 18.4 Å². The SMILES string of the molecule is CC(C)N(C)CCCCNC(=O)CC1CNC1. The first-order chi connectivity index (χ1) is 8.09. The van der Waals surface area contributed by atoms with Crippen molar-refractivity contribution in [2.75, 3.05) is 33.2 Å². The molecule has 0 bridgehead atoms. The Bertz CT molecular complexity index is 227. The normalized spacial score (nSPS) is 16.3. The van der Waals surface area contributed by atoms with Gasteiger partial charge in [-0.05, 0) is 59.3 Å². The van der Waals surface area contributed by atoms with Gasteiger partial charge in [-0.2, -0.15) is 0 Å². The van der Waals surface area contributed by atoms with Gasteiger partial charge in [-0.1, -0.05) is 0 Å². The van der Waals surface area contributed by atoms with Crippen LogP contribution < -0.4 is 10.6 Å². The first-order valence-electron chi connectivity index (χ1n) is 6.77. The Morgan fingerprint density at radius 3 is 2.65 bits per heavy atom. The van der Waals surface area contributed by atoms with E-state index < -0.39 is 0 Å². The number of nitrogens with zero attached hydrogens (tertiary/aromatic N) is 1. The molecule has 0 radical (unpaired) electrons. The fourth-order valence-electron chi connectivity index (χ4n) is 1.80. The molecule has 0 spiro atoms. The van der Waals surface area contributed by atoms with Gasteiger partial charge in [-0.3, -0.25) is 4.79 Å². The molecule has 1 amide bonds. The van der Waals surface area contributed by atoms with Gasteiger partial charge in [0.25, 0.3) is 0 Å². The second-order valence-corrected chi connectivity index (χ2v) is 5.36. The zero-order valence-electron chi connectivity index (χ0n) is 11.5. The summed E-state index contributed by atoms with van der Waals surface area (Å²) in [5.74, 6) is 0.788. The van der Waals surface area contributed by atoms with E-state index in [0.717, 1.165) is 39.0 Å². The van der Waals surface area contributed by atoms with Gasteiger partial charge in [-0.25, -0.2) is 0 Å². The summed E-state index contributed by atoms with van der Waals surface area (Å²) in [7, 11) is 2.15. The number of carbonyl (C=O) groups excluding carboxylic acids is 1. The van der Waals surface area contributed by atoms with Crippen LogP contribution in [0.25, 0.3) is 0 Å². The highest BCUT2D eigenvalue weighted by atomic mass is 16.1. The van der Waals surface area contributed by atoms with E-state index in [1.54, 1.807) is 0 Å². The van der Waals surface area contributed by atoms with Crippen molar-refractivity contribution in [2.45, 2.75) is 39.2 Å². The quantitative estimate of drug-likeness (QED) is 0.619. The lowest BCUT2D eigenvalue weighted by molar-refractivity contribution is -0.122. The van der Waals surface area contributed by atoms with Crippen LogP contribution in [0.1, 0.15) is 33.1 Å². The molecule has 0 aromatic carbocycles. The number of amides is 1. The van der Waals surface area contributed by atoms with Crippen molar-refractivity contribution < 1.29 is 4.79 Å². The molecule has 1 aliphatic rings. The average Bonchev–Trinajstić information content (AvgIpc) is 2.22. The molecule has 1 aliphatic heterocycles. The summed E-state index contributed by atoms with van der Waals surface area (Å²) >= 11 is 0. The molecule has 100 valence electrons. The van der Waals surface area contributed by atoms with E-state index in [-0.39, 0.29) is 5.91 Å². The summed E-state index contributed by atoms with van der Waals surface area (Å²) in [5.41, 5.74) is 0. The minimum Gasteiger partial charge on any atom is -0.356 e. The number of hydrogen-bond acceptors (Lipinski definition) is 3. The zero-order chi connectivity index (χ0) is 12.7. The lowest BCUT2D eigenvalue weighted by Gasteiger charge is -2.26. The molecule has 17 heavy (non-hydrogen) atoms. The Hall–Kier alpha value is -0.610. The van der Waals surface area contributed by atoms with Gasteiger partial charge < -0.3 is 15.5 Å². The number of rotatable bonds is 8. The van der Waals surface area contributed by atoms with Crippen molar-refractivity contribution in [3.8, 4) is 0 Å². The molecule has 0 aromatic heterocycles. The van der Waals surface area contributed by atoms with Crippen LogP contribution in [0.15, 0.2) is 0 Å². The average molecular weight is 241 g/mol. The minimum absolute atomic E-state index is 0.216.